The summed E-state index contributed by atoms with van der Waals surface area (Å²) in [5.41, 5.74) is 7.30. The van der Waals surface area contributed by atoms with Gasteiger partial charge in [0, 0.05) is 19.2 Å². The van der Waals surface area contributed by atoms with Crippen LogP contribution in [0.1, 0.15) is 77.1 Å². The molecule has 43 heavy (non-hydrogen) atoms. The first kappa shape index (κ1) is 30.3. The second-order valence-corrected chi connectivity index (χ2v) is 11.6. The SMILES string of the molecule is CNC(=O)COc1c(C2CCN(CCCCNC(=O)c3ccc(-c4ccc(C#N)cc4)cc3)CC2)ccc2c1CCCC2. The Kier molecular flexibility index (Phi) is 10.5. The fourth-order valence-electron chi connectivity index (χ4n) is 6.30. The number of nitrogens with zero attached hydrogens (tertiary/aromatic N) is 2. The van der Waals surface area contributed by atoms with E-state index in [9.17, 15) is 9.59 Å². The van der Waals surface area contributed by atoms with Crippen molar-refractivity contribution in [1.29, 1.82) is 5.26 Å². The van der Waals surface area contributed by atoms with Gasteiger partial charge in [0.05, 0.1) is 11.6 Å². The van der Waals surface area contributed by atoms with E-state index in [-0.39, 0.29) is 18.4 Å². The van der Waals surface area contributed by atoms with E-state index in [0.717, 1.165) is 75.0 Å². The maximum atomic E-state index is 12.6. The van der Waals surface area contributed by atoms with E-state index < -0.39 is 0 Å². The molecule has 5 rings (SSSR count). The summed E-state index contributed by atoms with van der Waals surface area (Å²) in [6.07, 6.45) is 8.69. The summed E-state index contributed by atoms with van der Waals surface area (Å²) in [7, 11) is 1.65. The van der Waals surface area contributed by atoms with Crippen LogP contribution in [0, 0.1) is 11.3 Å². The Hall–Kier alpha value is -4.15. The molecule has 0 unspecified atom stereocenters. The molecule has 1 saturated heterocycles. The van der Waals surface area contributed by atoms with Gasteiger partial charge in [-0.05, 0) is 129 Å². The highest BCUT2D eigenvalue weighted by Gasteiger charge is 2.26. The molecule has 0 atom stereocenters. The van der Waals surface area contributed by atoms with Crippen molar-refractivity contribution >= 4 is 11.8 Å². The Morgan fingerprint density at radius 1 is 0.930 bits per heavy atom. The number of carbonyl (C=O) groups excluding carboxylic acids is 2. The lowest BCUT2D eigenvalue weighted by molar-refractivity contribution is -0.122. The molecule has 1 heterocycles. The Balaban J connectivity index is 1.05. The van der Waals surface area contributed by atoms with Crippen molar-refractivity contribution in [2.24, 2.45) is 0 Å². The third-order valence-electron chi connectivity index (χ3n) is 8.85. The molecular formula is C36H42N4O3. The van der Waals surface area contributed by atoms with E-state index in [4.69, 9.17) is 10.00 Å². The summed E-state index contributed by atoms with van der Waals surface area (Å²) >= 11 is 0. The molecule has 2 aliphatic rings. The van der Waals surface area contributed by atoms with Crippen molar-refractivity contribution in [2.45, 2.75) is 57.3 Å². The van der Waals surface area contributed by atoms with E-state index in [1.807, 2.05) is 36.4 Å². The number of piperidine rings is 1. The standard InChI is InChI=1S/C36H42N4O3/c1-38-34(41)25-43-35-32-7-3-2-6-29(32)16-17-33(35)30-18-22-40(23-19-30)21-5-4-20-39-36(42)31-14-12-28(13-15-31)27-10-8-26(24-37)9-11-27/h8-17,30H,2-7,18-23,25H2,1H3,(H,38,41)(H,39,42). The summed E-state index contributed by atoms with van der Waals surface area (Å²) in [4.78, 5) is 27.1. The van der Waals surface area contributed by atoms with Gasteiger partial charge in [0.1, 0.15) is 5.75 Å². The van der Waals surface area contributed by atoms with Crippen molar-refractivity contribution in [3.63, 3.8) is 0 Å². The molecule has 7 nitrogen and oxygen atoms in total. The summed E-state index contributed by atoms with van der Waals surface area (Å²) in [5.74, 6) is 1.28. The number of likely N-dealkylation sites (N-methyl/N-ethyl adjacent to an activating group) is 1. The maximum absolute atomic E-state index is 12.6. The van der Waals surface area contributed by atoms with Crippen LogP contribution in [0.2, 0.25) is 0 Å². The quantitative estimate of drug-likeness (QED) is 0.288. The lowest BCUT2D eigenvalue weighted by Gasteiger charge is -2.34. The molecule has 3 aromatic carbocycles. The van der Waals surface area contributed by atoms with Crippen molar-refractivity contribution in [1.82, 2.24) is 15.5 Å². The van der Waals surface area contributed by atoms with Crippen LogP contribution >= 0.6 is 0 Å². The van der Waals surface area contributed by atoms with Crippen LogP contribution < -0.4 is 15.4 Å². The molecule has 2 N–H and O–H groups in total. The molecule has 1 aliphatic carbocycles. The fourth-order valence-corrected chi connectivity index (χ4v) is 6.30. The molecule has 3 aromatic rings. The largest absolute Gasteiger partial charge is 0.483 e. The Labute approximate surface area is 255 Å². The van der Waals surface area contributed by atoms with Gasteiger partial charge < -0.3 is 20.3 Å². The zero-order chi connectivity index (χ0) is 30.0. The molecule has 7 heteroatoms. The predicted molar refractivity (Wildman–Crippen MR) is 169 cm³/mol. The molecule has 0 bridgehead atoms. The molecule has 224 valence electrons. The van der Waals surface area contributed by atoms with Crippen molar-refractivity contribution in [3.05, 3.63) is 88.5 Å². The van der Waals surface area contributed by atoms with Gasteiger partial charge in [-0.1, -0.05) is 36.4 Å². The maximum Gasteiger partial charge on any atom is 0.257 e. The van der Waals surface area contributed by atoms with Crippen LogP contribution in [0.5, 0.6) is 5.75 Å². The summed E-state index contributed by atoms with van der Waals surface area (Å²) in [6, 6.07) is 21.7. The third-order valence-corrected chi connectivity index (χ3v) is 8.85. The number of nitrogens with one attached hydrogen (secondary N) is 2. The van der Waals surface area contributed by atoms with Gasteiger partial charge in [-0.2, -0.15) is 5.26 Å². The van der Waals surface area contributed by atoms with Crippen LogP contribution in [0.25, 0.3) is 11.1 Å². The van der Waals surface area contributed by atoms with Gasteiger partial charge in [0.25, 0.3) is 11.8 Å². The van der Waals surface area contributed by atoms with Crippen LogP contribution in [-0.4, -0.2) is 56.5 Å². The van der Waals surface area contributed by atoms with Crippen LogP contribution in [0.3, 0.4) is 0 Å². The van der Waals surface area contributed by atoms with E-state index in [1.165, 1.54) is 29.5 Å². The number of amides is 2. The fraction of sp³-hybridized carbons (Fsp3) is 0.417. The van der Waals surface area contributed by atoms with Gasteiger partial charge in [0.2, 0.25) is 0 Å². The molecule has 1 aliphatic heterocycles. The van der Waals surface area contributed by atoms with Crippen molar-refractivity contribution in [3.8, 4) is 22.9 Å². The first-order chi connectivity index (χ1) is 21.1. The summed E-state index contributed by atoms with van der Waals surface area (Å²) < 4.78 is 6.18. The Morgan fingerprint density at radius 3 is 2.33 bits per heavy atom. The molecule has 0 saturated carbocycles. The minimum atomic E-state index is -0.0945. The topological polar surface area (TPSA) is 94.5 Å². The zero-order valence-corrected chi connectivity index (χ0v) is 25.2. The second-order valence-electron chi connectivity index (χ2n) is 11.6. The van der Waals surface area contributed by atoms with Gasteiger partial charge >= 0.3 is 0 Å². The molecule has 0 radical (unpaired) electrons. The number of benzene rings is 3. The lowest BCUT2D eigenvalue weighted by atomic mass is 9.83. The van der Waals surface area contributed by atoms with Crippen LogP contribution in [0.15, 0.2) is 60.7 Å². The van der Waals surface area contributed by atoms with E-state index in [0.29, 0.717) is 23.6 Å². The number of hydrogen-bond donors (Lipinski definition) is 2. The Bertz CT molecular complexity index is 1440. The van der Waals surface area contributed by atoms with Crippen LogP contribution in [0.4, 0.5) is 0 Å². The van der Waals surface area contributed by atoms with Crippen molar-refractivity contribution < 1.29 is 14.3 Å². The normalized spacial score (nSPS) is 15.3. The van der Waals surface area contributed by atoms with Gasteiger partial charge in [-0.3, -0.25) is 9.59 Å². The number of unbranched alkanes of at least 4 members (excludes halogenated alkanes) is 1. The number of hydrogen-bond acceptors (Lipinski definition) is 5. The van der Waals surface area contributed by atoms with E-state index >= 15 is 0 Å². The highest BCUT2D eigenvalue weighted by molar-refractivity contribution is 5.94. The summed E-state index contributed by atoms with van der Waals surface area (Å²) in [6.45, 7) is 3.86. The highest BCUT2D eigenvalue weighted by atomic mass is 16.5. The number of rotatable bonds is 11. The summed E-state index contributed by atoms with van der Waals surface area (Å²) in [5, 5.41) is 14.7. The van der Waals surface area contributed by atoms with Crippen molar-refractivity contribution in [2.75, 3.05) is 39.8 Å². The van der Waals surface area contributed by atoms with Gasteiger partial charge in [-0.25, -0.2) is 0 Å². The lowest BCUT2D eigenvalue weighted by Crippen LogP contribution is -2.34. The molecule has 2 amide bonds. The number of fused-ring (bicyclic) bond motifs is 1. The average molecular weight is 579 g/mol. The van der Waals surface area contributed by atoms with Crippen LogP contribution in [-0.2, 0) is 17.6 Å². The highest BCUT2D eigenvalue weighted by Crippen LogP contribution is 2.40. The van der Waals surface area contributed by atoms with E-state index in [2.05, 4.69) is 33.7 Å². The minimum Gasteiger partial charge on any atom is -0.483 e. The first-order valence-corrected chi connectivity index (χ1v) is 15.6. The predicted octanol–water partition coefficient (Wildman–Crippen LogP) is 5.62. The average Bonchev–Trinajstić information content (AvgIpc) is 3.07. The second kappa shape index (κ2) is 14.8. The number of nitriles is 1. The smallest absolute Gasteiger partial charge is 0.257 e. The number of ether oxygens (including phenoxy) is 1. The molecule has 0 aromatic heterocycles. The number of aryl methyl sites for hydroxylation is 1. The van der Waals surface area contributed by atoms with Gasteiger partial charge in [0.15, 0.2) is 6.61 Å². The Morgan fingerprint density at radius 2 is 1.63 bits per heavy atom. The third kappa shape index (κ3) is 7.82. The number of likely N-dealkylation sites (tertiary alicyclic amines) is 1. The van der Waals surface area contributed by atoms with E-state index in [1.54, 1.807) is 19.2 Å². The monoisotopic (exact) mass is 578 g/mol. The van der Waals surface area contributed by atoms with Gasteiger partial charge in [-0.15, -0.1) is 0 Å². The first-order valence-electron chi connectivity index (χ1n) is 15.6. The zero-order valence-electron chi connectivity index (χ0n) is 25.2. The minimum absolute atomic E-state index is 0.0494. The molecule has 1 fully saturated rings. The molecular weight excluding hydrogens is 536 g/mol. The molecule has 0 spiro atoms. The number of carbonyl (C=O) groups is 2.